The fraction of sp³-hybridized carbons (Fsp3) is 0.217. The highest BCUT2D eigenvalue weighted by Gasteiger charge is 2.41. The number of carbonyl (C=O) groups is 2. The van der Waals surface area contributed by atoms with Crippen molar-refractivity contribution in [2.24, 2.45) is 0 Å². The SMILES string of the molecule is CCOC(=O)C(C(=O)N(Cc1ccc(Cl)nc1)c1ccccn1)c1ccc(C(F)(F)F)cc1[N+](=O)[O-]. The fourth-order valence-electron chi connectivity index (χ4n) is 3.33. The molecule has 188 valence electrons. The molecule has 0 radical (unpaired) electrons. The molecule has 2 heterocycles. The van der Waals surface area contributed by atoms with Crippen molar-refractivity contribution < 1.29 is 32.4 Å². The summed E-state index contributed by atoms with van der Waals surface area (Å²) in [5.41, 5.74) is -2.43. The van der Waals surface area contributed by atoms with E-state index in [-0.39, 0.29) is 30.2 Å². The molecule has 0 spiro atoms. The third-order valence-corrected chi connectivity index (χ3v) is 5.18. The molecule has 1 unspecified atom stereocenters. The second-order valence-corrected chi connectivity index (χ2v) is 7.70. The zero-order valence-corrected chi connectivity index (χ0v) is 19.4. The maximum Gasteiger partial charge on any atom is 0.416 e. The van der Waals surface area contributed by atoms with E-state index < -0.39 is 45.7 Å². The topological polar surface area (TPSA) is 116 Å². The number of pyridine rings is 2. The van der Waals surface area contributed by atoms with Gasteiger partial charge in [-0.3, -0.25) is 24.6 Å². The number of esters is 1. The molecular weight excluding hydrogens is 505 g/mol. The standard InChI is InChI=1S/C23H18ClF3N4O5/c1-2-36-22(33)20(16-8-7-15(23(25,26)27)11-17(16)31(34)35)21(32)30(19-5-3-4-10-28-19)13-14-6-9-18(24)29-12-14/h3-12,20H,2,13H2,1H3. The zero-order chi connectivity index (χ0) is 26.5. The van der Waals surface area contributed by atoms with Crippen molar-refractivity contribution in [3.05, 3.63) is 92.9 Å². The maximum absolute atomic E-state index is 13.8. The van der Waals surface area contributed by atoms with Gasteiger partial charge in [0.25, 0.3) is 5.69 Å². The number of halogens is 4. The second kappa shape index (κ2) is 11.1. The molecule has 13 heteroatoms. The Morgan fingerprint density at radius 1 is 1.17 bits per heavy atom. The van der Waals surface area contributed by atoms with E-state index in [1.165, 1.54) is 31.5 Å². The van der Waals surface area contributed by atoms with Gasteiger partial charge in [0.2, 0.25) is 5.91 Å². The molecule has 1 aromatic carbocycles. The van der Waals surface area contributed by atoms with Gasteiger partial charge in [-0.1, -0.05) is 29.8 Å². The summed E-state index contributed by atoms with van der Waals surface area (Å²) in [6.07, 6.45) is -2.12. The normalized spacial score (nSPS) is 12.0. The van der Waals surface area contributed by atoms with Crippen LogP contribution in [0, 0.1) is 10.1 Å². The Morgan fingerprint density at radius 3 is 2.47 bits per heavy atom. The highest BCUT2D eigenvalue weighted by atomic mass is 35.5. The van der Waals surface area contributed by atoms with Crippen molar-refractivity contribution in [2.75, 3.05) is 11.5 Å². The van der Waals surface area contributed by atoms with Crippen LogP contribution in [0.3, 0.4) is 0 Å². The van der Waals surface area contributed by atoms with E-state index in [0.29, 0.717) is 11.6 Å². The molecule has 1 atom stereocenters. The lowest BCUT2D eigenvalue weighted by atomic mass is 9.94. The first-order valence-electron chi connectivity index (χ1n) is 10.4. The monoisotopic (exact) mass is 522 g/mol. The largest absolute Gasteiger partial charge is 0.465 e. The van der Waals surface area contributed by atoms with Crippen molar-refractivity contribution >= 4 is 35.0 Å². The lowest BCUT2D eigenvalue weighted by Gasteiger charge is -2.26. The Balaban J connectivity index is 2.16. The number of carbonyl (C=O) groups excluding carboxylic acids is 2. The minimum atomic E-state index is -4.88. The van der Waals surface area contributed by atoms with Crippen LogP contribution in [0.5, 0.6) is 0 Å². The first-order valence-corrected chi connectivity index (χ1v) is 10.8. The Morgan fingerprint density at radius 2 is 1.92 bits per heavy atom. The van der Waals surface area contributed by atoms with Gasteiger partial charge >= 0.3 is 12.1 Å². The molecule has 0 fully saturated rings. The number of hydrogen-bond donors (Lipinski definition) is 0. The minimum Gasteiger partial charge on any atom is -0.465 e. The Kier molecular flexibility index (Phi) is 8.20. The average Bonchev–Trinajstić information content (AvgIpc) is 2.84. The van der Waals surface area contributed by atoms with Crippen LogP contribution in [0.15, 0.2) is 60.9 Å². The molecular formula is C23H18ClF3N4O5. The van der Waals surface area contributed by atoms with E-state index in [0.717, 1.165) is 11.0 Å². The van der Waals surface area contributed by atoms with Crippen molar-refractivity contribution in [3.8, 4) is 0 Å². The molecule has 0 aliphatic rings. The molecule has 0 bridgehead atoms. The molecule has 0 N–H and O–H groups in total. The summed E-state index contributed by atoms with van der Waals surface area (Å²) < 4.78 is 44.6. The number of rotatable bonds is 8. The van der Waals surface area contributed by atoms with Gasteiger partial charge in [0.15, 0.2) is 5.92 Å². The van der Waals surface area contributed by atoms with Crippen LogP contribution in [-0.2, 0) is 27.0 Å². The van der Waals surface area contributed by atoms with Crippen molar-refractivity contribution in [1.82, 2.24) is 9.97 Å². The van der Waals surface area contributed by atoms with Crippen molar-refractivity contribution in [3.63, 3.8) is 0 Å². The van der Waals surface area contributed by atoms with Crippen molar-refractivity contribution in [2.45, 2.75) is 25.6 Å². The number of anilines is 1. The van der Waals surface area contributed by atoms with Gasteiger partial charge in [-0.05, 0) is 36.8 Å². The molecule has 9 nitrogen and oxygen atoms in total. The Hall–Kier alpha value is -4.06. The van der Waals surface area contributed by atoms with Gasteiger partial charge in [0.05, 0.1) is 29.2 Å². The van der Waals surface area contributed by atoms with Crippen LogP contribution in [0.1, 0.15) is 29.5 Å². The van der Waals surface area contributed by atoms with E-state index in [2.05, 4.69) is 9.97 Å². The Labute approximate surface area is 207 Å². The summed E-state index contributed by atoms with van der Waals surface area (Å²) >= 11 is 5.82. The Bertz CT molecular complexity index is 1260. The quantitative estimate of drug-likeness (QED) is 0.135. The lowest BCUT2D eigenvalue weighted by molar-refractivity contribution is -0.385. The molecule has 0 saturated heterocycles. The van der Waals surface area contributed by atoms with Crippen LogP contribution >= 0.6 is 11.6 Å². The van der Waals surface area contributed by atoms with Crippen LogP contribution in [0.25, 0.3) is 0 Å². The highest BCUT2D eigenvalue weighted by Crippen LogP contribution is 2.37. The molecule has 3 rings (SSSR count). The lowest BCUT2D eigenvalue weighted by Crippen LogP contribution is -2.39. The number of alkyl halides is 3. The summed E-state index contributed by atoms with van der Waals surface area (Å²) in [4.78, 5) is 46.4. The predicted molar refractivity (Wildman–Crippen MR) is 122 cm³/mol. The number of ether oxygens (including phenoxy) is 1. The van der Waals surface area contributed by atoms with Crippen LogP contribution < -0.4 is 4.90 Å². The summed E-state index contributed by atoms with van der Waals surface area (Å²) in [5.74, 6) is -4.03. The first-order chi connectivity index (χ1) is 17.0. The number of nitro groups is 1. The molecule has 1 amide bonds. The van der Waals surface area contributed by atoms with E-state index in [1.807, 2.05) is 0 Å². The average molecular weight is 523 g/mol. The molecule has 0 saturated carbocycles. The fourth-order valence-corrected chi connectivity index (χ4v) is 3.44. The zero-order valence-electron chi connectivity index (χ0n) is 18.6. The van der Waals surface area contributed by atoms with E-state index in [4.69, 9.17) is 16.3 Å². The maximum atomic E-state index is 13.8. The van der Waals surface area contributed by atoms with Crippen LogP contribution in [0.2, 0.25) is 5.15 Å². The summed E-state index contributed by atoms with van der Waals surface area (Å²) in [6, 6.07) is 9.24. The molecule has 36 heavy (non-hydrogen) atoms. The van der Waals surface area contributed by atoms with Gasteiger partial charge in [0.1, 0.15) is 11.0 Å². The van der Waals surface area contributed by atoms with Crippen LogP contribution in [0.4, 0.5) is 24.7 Å². The van der Waals surface area contributed by atoms with Gasteiger partial charge in [-0.2, -0.15) is 13.2 Å². The third-order valence-electron chi connectivity index (χ3n) is 4.96. The second-order valence-electron chi connectivity index (χ2n) is 7.32. The van der Waals surface area contributed by atoms with E-state index >= 15 is 0 Å². The van der Waals surface area contributed by atoms with Gasteiger partial charge in [-0.15, -0.1) is 0 Å². The molecule has 2 aromatic heterocycles. The number of amides is 1. The summed E-state index contributed by atoms with van der Waals surface area (Å²) in [5, 5.41) is 11.9. The number of benzene rings is 1. The van der Waals surface area contributed by atoms with Gasteiger partial charge in [0, 0.05) is 18.5 Å². The third kappa shape index (κ3) is 6.13. The number of nitrogens with zero attached hydrogens (tertiary/aromatic N) is 4. The van der Waals surface area contributed by atoms with Gasteiger partial charge in [-0.25, -0.2) is 9.97 Å². The summed E-state index contributed by atoms with van der Waals surface area (Å²) in [6.45, 7) is 1.10. The smallest absolute Gasteiger partial charge is 0.416 e. The molecule has 0 aliphatic heterocycles. The predicted octanol–water partition coefficient (Wildman–Crippen LogP) is 4.94. The number of hydrogen-bond acceptors (Lipinski definition) is 7. The molecule has 3 aromatic rings. The highest BCUT2D eigenvalue weighted by molar-refractivity contribution is 6.29. The van der Waals surface area contributed by atoms with Crippen LogP contribution in [-0.4, -0.2) is 33.4 Å². The minimum absolute atomic E-state index is 0.0845. The van der Waals surface area contributed by atoms with E-state index in [1.54, 1.807) is 18.2 Å². The van der Waals surface area contributed by atoms with Gasteiger partial charge < -0.3 is 4.74 Å². The molecule has 0 aliphatic carbocycles. The first kappa shape index (κ1) is 26.5. The van der Waals surface area contributed by atoms with Crippen molar-refractivity contribution in [1.29, 1.82) is 0 Å². The number of aromatic nitrogens is 2. The number of nitro benzene ring substituents is 1. The summed E-state index contributed by atoms with van der Waals surface area (Å²) in [7, 11) is 0. The van der Waals surface area contributed by atoms with E-state index in [9.17, 15) is 32.9 Å².